The zero-order valence-corrected chi connectivity index (χ0v) is 18.7. The minimum Gasteiger partial charge on any atom is -0.458 e. The molecular weight excluding hydrogens is 393 g/mol. The van der Waals surface area contributed by atoms with Gasteiger partial charge in [0.15, 0.2) is 0 Å². The Hall–Kier alpha value is -2.40. The number of halogens is 3. The van der Waals surface area contributed by atoms with Gasteiger partial charge in [-0.3, -0.25) is 0 Å². The molecule has 0 aliphatic carbocycles. The van der Waals surface area contributed by atoms with Gasteiger partial charge in [0.25, 0.3) is 5.92 Å². The standard InChI is InChI=1S/C14H16F2O.C7H7F.C3H6S/c1-6-13-11(7-9(2)3)12(14(5,15)16)8-10(4)17-13;1-6-2-4-7(8)5-3-6;1-3(2)4/h6-8H,2,4H2,1,3,5H3;2-5H,1H3;1-2H3/b11-7-,13-6+;;. The lowest BCUT2D eigenvalue weighted by molar-refractivity contribution is 0.0633. The Morgan fingerprint density at radius 1 is 1.14 bits per heavy atom. The molecule has 1 nitrogen and oxygen atoms in total. The van der Waals surface area contributed by atoms with Crippen molar-refractivity contribution in [3.05, 3.63) is 95.3 Å². The van der Waals surface area contributed by atoms with E-state index in [1.807, 2.05) is 20.8 Å². The van der Waals surface area contributed by atoms with Gasteiger partial charge in [-0.15, -0.1) is 0 Å². The first-order chi connectivity index (χ1) is 13.3. The molecule has 0 radical (unpaired) electrons. The van der Waals surface area contributed by atoms with Crippen molar-refractivity contribution < 1.29 is 17.9 Å². The summed E-state index contributed by atoms with van der Waals surface area (Å²) in [5.41, 5.74) is 2.04. The predicted octanol–water partition coefficient (Wildman–Crippen LogP) is 8.05. The lowest BCUT2D eigenvalue weighted by Gasteiger charge is -2.25. The van der Waals surface area contributed by atoms with Crippen molar-refractivity contribution in [2.75, 3.05) is 0 Å². The van der Waals surface area contributed by atoms with Crippen molar-refractivity contribution in [2.24, 2.45) is 0 Å². The number of alkyl halides is 2. The van der Waals surface area contributed by atoms with E-state index < -0.39 is 5.92 Å². The smallest absolute Gasteiger partial charge is 0.271 e. The van der Waals surface area contributed by atoms with Crippen LogP contribution in [-0.2, 0) is 4.74 Å². The van der Waals surface area contributed by atoms with Crippen molar-refractivity contribution in [1.29, 1.82) is 0 Å². The Balaban J connectivity index is 0.000000537. The van der Waals surface area contributed by atoms with Crippen molar-refractivity contribution in [3.8, 4) is 0 Å². The van der Waals surface area contributed by atoms with Crippen LogP contribution < -0.4 is 0 Å². The average molecular weight is 423 g/mol. The molecule has 0 amide bonds. The molecule has 158 valence electrons. The van der Waals surface area contributed by atoms with Gasteiger partial charge in [0, 0.05) is 18.1 Å². The third-order valence-electron chi connectivity index (χ3n) is 3.24. The van der Waals surface area contributed by atoms with E-state index in [0.29, 0.717) is 16.9 Å². The van der Waals surface area contributed by atoms with Crippen LogP contribution >= 0.6 is 12.2 Å². The van der Waals surface area contributed by atoms with Gasteiger partial charge >= 0.3 is 0 Å². The van der Waals surface area contributed by atoms with E-state index in [4.69, 9.17) is 4.74 Å². The quantitative estimate of drug-likeness (QED) is 0.446. The minimum atomic E-state index is -2.94. The minimum absolute atomic E-state index is 0.0927. The van der Waals surface area contributed by atoms with Gasteiger partial charge in [0.2, 0.25) is 0 Å². The number of allylic oxidation sites excluding steroid dienone is 5. The second-order valence-electron chi connectivity index (χ2n) is 6.78. The molecule has 1 aromatic carbocycles. The number of rotatable bonds is 2. The van der Waals surface area contributed by atoms with Crippen molar-refractivity contribution >= 4 is 17.1 Å². The van der Waals surface area contributed by atoms with Crippen LogP contribution in [0, 0.1) is 12.7 Å². The van der Waals surface area contributed by atoms with Crippen LogP contribution in [0.4, 0.5) is 13.2 Å². The molecular formula is C24H29F3OS. The van der Waals surface area contributed by atoms with Crippen LogP contribution in [-0.4, -0.2) is 10.8 Å². The van der Waals surface area contributed by atoms with Gasteiger partial charge < -0.3 is 4.74 Å². The molecule has 0 unspecified atom stereocenters. The van der Waals surface area contributed by atoms with E-state index in [0.717, 1.165) is 17.4 Å². The van der Waals surface area contributed by atoms with Crippen LogP contribution in [0.25, 0.3) is 0 Å². The van der Waals surface area contributed by atoms with Crippen LogP contribution in [0.15, 0.2) is 83.9 Å². The van der Waals surface area contributed by atoms with Crippen molar-refractivity contribution in [3.63, 3.8) is 0 Å². The molecule has 0 aromatic heterocycles. The van der Waals surface area contributed by atoms with Gasteiger partial charge in [-0.25, -0.2) is 13.2 Å². The van der Waals surface area contributed by atoms with Crippen LogP contribution in [0.2, 0.25) is 0 Å². The summed E-state index contributed by atoms with van der Waals surface area (Å²) in [5, 5.41) is 0. The summed E-state index contributed by atoms with van der Waals surface area (Å²) in [5.74, 6) is -2.51. The SMILES string of the molecule is C=C(C)/C=C1/C(C(C)(F)F)=CC(=C)O/C1=C/C.CC(C)=S.Cc1ccc(F)cc1. The molecule has 29 heavy (non-hydrogen) atoms. The Labute approximate surface area is 178 Å². The molecule has 0 bridgehead atoms. The maximum absolute atomic E-state index is 13.5. The van der Waals surface area contributed by atoms with Gasteiger partial charge in [0.05, 0.1) is 0 Å². The topological polar surface area (TPSA) is 9.23 Å². The summed E-state index contributed by atoms with van der Waals surface area (Å²) in [7, 11) is 0. The lowest BCUT2D eigenvalue weighted by Crippen LogP contribution is -2.20. The number of hydrogen-bond acceptors (Lipinski definition) is 2. The summed E-state index contributed by atoms with van der Waals surface area (Å²) >= 11 is 4.54. The van der Waals surface area contributed by atoms with Gasteiger partial charge in [0.1, 0.15) is 17.3 Å². The summed E-state index contributed by atoms with van der Waals surface area (Å²) < 4.78 is 44.5. The third kappa shape index (κ3) is 11.3. The monoisotopic (exact) mass is 422 g/mol. The maximum Gasteiger partial charge on any atom is 0.271 e. The van der Waals surface area contributed by atoms with E-state index in [-0.39, 0.29) is 17.1 Å². The summed E-state index contributed by atoms with van der Waals surface area (Å²) in [6.45, 7) is 17.3. The van der Waals surface area contributed by atoms with Gasteiger partial charge in [-0.1, -0.05) is 48.6 Å². The van der Waals surface area contributed by atoms with E-state index in [2.05, 4.69) is 25.4 Å². The number of aryl methyl sites for hydroxylation is 1. The molecule has 1 aliphatic rings. The number of thiocarbonyl (C=S) groups is 1. The predicted molar refractivity (Wildman–Crippen MR) is 121 cm³/mol. The van der Waals surface area contributed by atoms with Crippen molar-refractivity contribution in [1.82, 2.24) is 0 Å². The molecule has 5 heteroatoms. The first-order valence-electron chi connectivity index (χ1n) is 8.98. The largest absolute Gasteiger partial charge is 0.458 e. The maximum atomic E-state index is 13.5. The van der Waals surface area contributed by atoms with Crippen molar-refractivity contribution in [2.45, 2.75) is 47.5 Å². The summed E-state index contributed by atoms with van der Waals surface area (Å²) in [6, 6.07) is 6.40. The molecule has 2 rings (SSSR count). The lowest BCUT2D eigenvalue weighted by atomic mass is 9.94. The molecule has 1 heterocycles. The highest BCUT2D eigenvalue weighted by Crippen LogP contribution is 2.39. The fraction of sp³-hybridized carbons (Fsp3) is 0.292. The Kier molecular flexibility index (Phi) is 11.2. The third-order valence-corrected chi connectivity index (χ3v) is 3.24. The highest BCUT2D eigenvalue weighted by Gasteiger charge is 2.34. The normalized spacial score (nSPS) is 16.0. The Bertz CT molecular complexity index is 798. The molecule has 1 aliphatic heterocycles. The van der Waals surface area contributed by atoms with E-state index in [9.17, 15) is 13.2 Å². The highest BCUT2D eigenvalue weighted by molar-refractivity contribution is 7.80. The number of hydrogen-bond donors (Lipinski definition) is 0. The Morgan fingerprint density at radius 3 is 1.97 bits per heavy atom. The molecule has 0 saturated carbocycles. The fourth-order valence-electron chi connectivity index (χ4n) is 2.10. The summed E-state index contributed by atoms with van der Waals surface area (Å²) in [4.78, 5) is 1.00. The second-order valence-corrected chi connectivity index (χ2v) is 7.59. The number of ether oxygens (including phenoxy) is 1. The molecule has 0 saturated heterocycles. The molecule has 1 aromatic rings. The first-order valence-corrected chi connectivity index (χ1v) is 9.39. The molecule has 0 atom stereocenters. The van der Waals surface area contributed by atoms with Crippen LogP contribution in [0.3, 0.4) is 0 Å². The Morgan fingerprint density at radius 2 is 1.62 bits per heavy atom. The number of benzene rings is 1. The summed E-state index contributed by atoms with van der Waals surface area (Å²) in [6.07, 6.45) is 4.49. The van der Waals surface area contributed by atoms with Gasteiger partial charge in [-0.05, 0) is 69.8 Å². The van der Waals surface area contributed by atoms with E-state index in [1.54, 1.807) is 38.1 Å². The zero-order chi connectivity index (χ0) is 22.8. The van der Waals surface area contributed by atoms with Crippen LogP contribution in [0.1, 0.15) is 40.2 Å². The molecule has 0 N–H and O–H groups in total. The zero-order valence-electron chi connectivity index (χ0n) is 17.9. The highest BCUT2D eigenvalue weighted by atomic mass is 32.1. The fourth-order valence-corrected chi connectivity index (χ4v) is 2.10. The molecule has 0 spiro atoms. The van der Waals surface area contributed by atoms with Gasteiger partial charge in [-0.2, -0.15) is 0 Å². The van der Waals surface area contributed by atoms with Crippen LogP contribution in [0.5, 0.6) is 0 Å². The van der Waals surface area contributed by atoms with E-state index >= 15 is 0 Å². The van der Waals surface area contributed by atoms with E-state index in [1.165, 1.54) is 18.2 Å². The second kappa shape index (κ2) is 12.2. The first kappa shape index (κ1) is 26.6. The molecule has 0 fully saturated rings. The average Bonchev–Trinajstić information content (AvgIpc) is 2.57.